The minimum absolute atomic E-state index is 0.381. The predicted molar refractivity (Wildman–Crippen MR) is 77.7 cm³/mol. The summed E-state index contributed by atoms with van der Waals surface area (Å²) in [5.41, 5.74) is 0.381. The normalized spacial score (nSPS) is 10.6. The molecule has 0 bridgehead atoms. The number of nitrogens with one attached hydrogen (secondary N) is 1. The SMILES string of the molecule is CCC(CC)CNc1nc(SC)ncc1C(=O)OC. The summed E-state index contributed by atoms with van der Waals surface area (Å²) in [4.78, 5) is 20.1. The van der Waals surface area contributed by atoms with Gasteiger partial charge in [0.2, 0.25) is 0 Å². The molecule has 0 atom stereocenters. The van der Waals surface area contributed by atoms with E-state index >= 15 is 0 Å². The Labute approximate surface area is 118 Å². The zero-order valence-corrected chi connectivity index (χ0v) is 12.7. The zero-order chi connectivity index (χ0) is 14.3. The molecule has 0 aliphatic rings. The third kappa shape index (κ3) is 4.38. The average molecular weight is 283 g/mol. The number of carbonyl (C=O) groups is 1. The molecular formula is C13H21N3O2S. The van der Waals surface area contributed by atoms with Gasteiger partial charge in [-0.05, 0) is 12.2 Å². The highest BCUT2D eigenvalue weighted by molar-refractivity contribution is 7.98. The van der Waals surface area contributed by atoms with Gasteiger partial charge >= 0.3 is 5.97 Å². The Morgan fingerprint density at radius 1 is 1.47 bits per heavy atom. The van der Waals surface area contributed by atoms with E-state index in [-0.39, 0.29) is 0 Å². The van der Waals surface area contributed by atoms with Gasteiger partial charge in [0.15, 0.2) is 5.16 Å². The summed E-state index contributed by atoms with van der Waals surface area (Å²) in [6.07, 6.45) is 5.60. The van der Waals surface area contributed by atoms with Crippen LogP contribution in [0.3, 0.4) is 0 Å². The summed E-state index contributed by atoms with van der Waals surface area (Å²) in [6.45, 7) is 5.11. The molecule has 19 heavy (non-hydrogen) atoms. The van der Waals surface area contributed by atoms with Crippen molar-refractivity contribution in [3.63, 3.8) is 0 Å². The van der Waals surface area contributed by atoms with Crippen molar-refractivity contribution in [3.05, 3.63) is 11.8 Å². The van der Waals surface area contributed by atoms with Gasteiger partial charge in [-0.25, -0.2) is 14.8 Å². The highest BCUT2D eigenvalue weighted by Crippen LogP contribution is 2.18. The number of hydrogen-bond acceptors (Lipinski definition) is 6. The van der Waals surface area contributed by atoms with Crippen LogP contribution in [0, 0.1) is 5.92 Å². The van der Waals surface area contributed by atoms with Crippen LogP contribution in [0.15, 0.2) is 11.4 Å². The van der Waals surface area contributed by atoms with Crippen LogP contribution in [0.2, 0.25) is 0 Å². The number of rotatable bonds is 7. The summed E-state index contributed by atoms with van der Waals surface area (Å²) in [5, 5.41) is 3.88. The van der Waals surface area contributed by atoms with E-state index in [9.17, 15) is 4.79 Å². The van der Waals surface area contributed by atoms with Crippen molar-refractivity contribution in [2.75, 3.05) is 25.2 Å². The van der Waals surface area contributed by atoms with Crippen molar-refractivity contribution in [1.29, 1.82) is 0 Å². The van der Waals surface area contributed by atoms with Gasteiger partial charge in [-0.15, -0.1) is 0 Å². The number of thioether (sulfide) groups is 1. The van der Waals surface area contributed by atoms with Crippen LogP contribution in [-0.2, 0) is 4.74 Å². The number of ether oxygens (including phenoxy) is 1. The molecule has 0 radical (unpaired) electrons. The predicted octanol–water partition coefficient (Wildman–Crippen LogP) is 2.83. The van der Waals surface area contributed by atoms with Crippen molar-refractivity contribution >= 4 is 23.5 Å². The summed E-state index contributed by atoms with van der Waals surface area (Å²) in [5.74, 6) is 0.705. The maximum Gasteiger partial charge on any atom is 0.343 e. The first kappa shape index (κ1) is 15.8. The first-order valence-electron chi connectivity index (χ1n) is 6.39. The van der Waals surface area contributed by atoms with E-state index in [1.165, 1.54) is 25.1 Å². The smallest absolute Gasteiger partial charge is 0.343 e. The molecule has 1 aromatic heterocycles. The Morgan fingerprint density at radius 3 is 2.68 bits per heavy atom. The highest BCUT2D eigenvalue weighted by Gasteiger charge is 2.15. The van der Waals surface area contributed by atoms with Gasteiger partial charge in [-0.1, -0.05) is 38.5 Å². The Bertz CT molecular complexity index is 422. The molecule has 0 aliphatic heterocycles. The lowest BCUT2D eigenvalue weighted by Gasteiger charge is -2.15. The molecule has 5 nitrogen and oxygen atoms in total. The Hall–Kier alpha value is -1.30. The number of nitrogens with zero attached hydrogens (tertiary/aromatic N) is 2. The van der Waals surface area contributed by atoms with Gasteiger partial charge in [0.25, 0.3) is 0 Å². The topological polar surface area (TPSA) is 64.1 Å². The van der Waals surface area contributed by atoms with E-state index < -0.39 is 5.97 Å². The largest absolute Gasteiger partial charge is 0.465 e. The molecule has 0 spiro atoms. The summed E-state index contributed by atoms with van der Waals surface area (Å²) < 4.78 is 4.74. The molecule has 0 fully saturated rings. The molecule has 0 amide bonds. The fourth-order valence-electron chi connectivity index (χ4n) is 1.68. The Kier molecular flexibility index (Phi) is 6.62. The van der Waals surface area contributed by atoms with E-state index in [2.05, 4.69) is 29.1 Å². The first-order valence-corrected chi connectivity index (χ1v) is 7.61. The minimum atomic E-state index is -0.417. The van der Waals surface area contributed by atoms with Gasteiger partial charge in [-0.2, -0.15) is 0 Å². The van der Waals surface area contributed by atoms with Gasteiger partial charge in [0.05, 0.1) is 7.11 Å². The molecule has 1 aromatic rings. The maximum absolute atomic E-state index is 11.7. The number of anilines is 1. The van der Waals surface area contributed by atoms with Crippen molar-refractivity contribution in [2.24, 2.45) is 5.92 Å². The Morgan fingerprint density at radius 2 is 2.16 bits per heavy atom. The van der Waals surface area contributed by atoms with Gasteiger partial charge < -0.3 is 10.1 Å². The molecule has 1 heterocycles. The zero-order valence-electron chi connectivity index (χ0n) is 11.9. The Balaban J connectivity index is 2.91. The van der Waals surface area contributed by atoms with E-state index in [1.54, 1.807) is 0 Å². The highest BCUT2D eigenvalue weighted by atomic mass is 32.2. The fourth-order valence-corrected chi connectivity index (χ4v) is 2.02. The first-order chi connectivity index (χ1) is 9.15. The minimum Gasteiger partial charge on any atom is -0.465 e. The standard InChI is InChI=1S/C13H21N3O2S/c1-5-9(6-2)7-14-11-10(12(17)18-3)8-15-13(16-11)19-4/h8-9H,5-7H2,1-4H3,(H,14,15,16). The molecular weight excluding hydrogens is 262 g/mol. The number of esters is 1. The second kappa shape index (κ2) is 7.99. The molecule has 106 valence electrons. The van der Waals surface area contributed by atoms with Gasteiger partial charge in [0, 0.05) is 12.7 Å². The summed E-state index contributed by atoms with van der Waals surface area (Å²) >= 11 is 1.44. The lowest BCUT2D eigenvalue weighted by atomic mass is 10.0. The molecule has 1 rings (SSSR count). The molecule has 6 heteroatoms. The molecule has 0 saturated carbocycles. The third-order valence-corrected chi connectivity index (χ3v) is 3.63. The number of carbonyl (C=O) groups excluding carboxylic acids is 1. The van der Waals surface area contributed by atoms with Crippen molar-refractivity contribution < 1.29 is 9.53 Å². The number of methoxy groups -OCH3 is 1. The fraction of sp³-hybridized carbons (Fsp3) is 0.615. The molecule has 0 aliphatic carbocycles. The van der Waals surface area contributed by atoms with Crippen LogP contribution in [0.25, 0.3) is 0 Å². The molecule has 0 saturated heterocycles. The molecule has 0 unspecified atom stereocenters. The van der Waals surface area contributed by atoms with Crippen LogP contribution in [0.4, 0.5) is 5.82 Å². The van der Waals surface area contributed by atoms with Crippen molar-refractivity contribution in [1.82, 2.24) is 9.97 Å². The third-order valence-electron chi connectivity index (χ3n) is 3.07. The van der Waals surface area contributed by atoms with Crippen LogP contribution in [-0.4, -0.2) is 35.8 Å². The van der Waals surface area contributed by atoms with E-state index in [0.717, 1.165) is 19.4 Å². The van der Waals surface area contributed by atoms with Crippen LogP contribution in [0.5, 0.6) is 0 Å². The summed E-state index contributed by atoms with van der Waals surface area (Å²) in [7, 11) is 1.36. The van der Waals surface area contributed by atoms with Crippen molar-refractivity contribution in [2.45, 2.75) is 31.8 Å². The summed E-state index contributed by atoms with van der Waals surface area (Å²) in [6, 6.07) is 0. The molecule has 0 aromatic carbocycles. The lowest BCUT2D eigenvalue weighted by Crippen LogP contribution is -2.17. The van der Waals surface area contributed by atoms with Crippen LogP contribution < -0.4 is 5.32 Å². The van der Waals surface area contributed by atoms with Gasteiger partial charge in [-0.3, -0.25) is 0 Å². The quantitative estimate of drug-likeness (QED) is 0.471. The monoisotopic (exact) mass is 283 g/mol. The van der Waals surface area contributed by atoms with E-state index in [1.807, 2.05) is 6.26 Å². The van der Waals surface area contributed by atoms with E-state index in [4.69, 9.17) is 4.74 Å². The second-order valence-corrected chi connectivity index (χ2v) is 4.95. The number of hydrogen-bond donors (Lipinski definition) is 1. The maximum atomic E-state index is 11.7. The van der Waals surface area contributed by atoms with Crippen molar-refractivity contribution in [3.8, 4) is 0 Å². The van der Waals surface area contributed by atoms with Crippen LogP contribution >= 0.6 is 11.8 Å². The number of aromatic nitrogens is 2. The van der Waals surface area contributed by atoms with Crippen LogP contribution in [0.1, 0.15) is 37.0 Å². The molecule has 1 N–H and O–H groups in total. The van der Waals surface area contributed by atoms with Gasteiger partial charge in [0.1, 0.15) is 11.4 Å². The second-order valence-electron chi connectivity index (χ2n) is 4.17. The van der Waals surface area contributed by atoms with E-state index in [0.29, 0.717) is 22.5 Å². The lowest BCUT2D eigenvalue weighted by molar-refractivity contribution is 0.0600. The average Bonchev–Trinajstić information content (AvgIpc) is 2.47.